The first-order valence-corrected chi connectivity index (χ1v) is 4.43. The summed E-state index contributed by atoms with van der Waals surface area (Å²) in [6, 6.07) is 1.47. The monoisotopic (exact) mass is 215 g/mol. The summed E-state index contributed by atoms with van der Waals surface area (Å²) in [6.45, 7) is 1.75. The Morgan fingerprint density at radius 1 is 1.53 bits per heavy atom. The zero-order valence-electron chi connectivity index (χ0n) is 8.17. The van der Waals surface area contributed by atoms with Crippen molar-refractivity contribution < 1.29 is 18.3 Å². The summed E-state index contributed by atoms with van der Waals surface area (Å²) < 4.78 is 30.5. The van der Waals surface area contributed by atoms with Gasteiger partial charge in [0.1, 0.15) is 17.7 Å². The first-order valence-electron chi connectivity index (χ1n) is 4.43. The van der Waals surface area contributed by atoms with Gasteiger partial charge in [-0.2, -0.15) is 0 Å². The van der Waals surface area contributed by atoms with E-state index >= 15 is 0 Å². The van der Waals surface area contributed by atoms with Crippen LogP contribution in [0.15, 0.2) is 18.2 Å². The number of nitrogens with two attached hydrogens (primary N) is 1. The number of hydrogen-bond donors (Lipinski definition) is 1. The molecule has 0 spiro atoms. The maximum absolute atomic E-state index is 13.2. The van der Waals surface area contributed by atoms with Gasteiger partial charge in [0.2, 0.25) is 0 Å². The molecule has 1 aromatic rings. The van der Waals surface area contributed by atoms with Crippen LogP contribution in [0.2, 0.25) is 0 Å². The van der Waals surface area contributed by atoms with E-state index in [2.05, 4.69) is 4.74 Å². The van der Waals surface area contributed by atoms with E-state index in [-0.39, 0.29) is 12.2 Å². The number of hydrogen-bond acceptors (Lipinski definition) is 3. The van der Waals surface area contributed by atoms with Crippen LogP contribution in [0.3, 0.4) is 0 Å². The van der Waals surface area contributed by atoms with E-state index in [9.17, 15) is 13.6 Å². The molecule has 1 aromatic carbocycles. The second-order valence-electron chi connectivity index (χ2n) is 2.90. The summed E-state index contributed by atoms with van der Waals surface area (Å²) in [7, 11) is 0. The molecule has 0 saturated carbocycles. The first kappa shape index (κ1) is 11.6. The van der Waals surface area contributed by atoms with Crippen LogP contribution in [0.1, 0.15) is 18.5 Å². The number of carbonyl (C=O) groups is 1. The number of esters is 1. The van der Waals surface area contributed by atoms with Gasteiger partial charge in [-0.25, -0.2) is 13.6 Å². The molecule has 3 nitrogen and oxygen atoms in total. The van der Waals surface area contributed by atoms with Gasteiger partial charge in [0, 0.05) is 5.56 Å². The molecule has 15 heavy (non-hydrogen) atoms. The Bertz CT molecular complexity index is 368. The van der Waals surface area contributed by atoms with Crippen molar-refractivity contribution in [2.45, 2.75) is 13.0 Å². The fourth-order valence-corrected chi connectivity index (χ4v) is 1.11. The highest BCUT2D eigenvalue weighted by Gasteiger charge is 2.20. The smallest absolute Gasteiger partial charge is 0.327 e. The van der Waals surface area contributed by atoms with Gasteiger partial charge in [-0.3, -0.25) is 0 Å². The molecule has 1 rings (SSSR count). The van der Waals surface area contributed by atoms with E-state index in [0.717, 1.165) is 18.2 Å². The minimum Gasteiger partial charge on any atom is -0.465 e. The molecular formula is C10H11F2NO2. The predicted molar refractivity (Wildman–Crippen MR) is 49.9 cm³/mol. The van der Waals surface area contributed by atoms with E-state index in [1.54, 1.807) is 6.92 Å². The molecule has 0 heterocycles. The van der Waals surface area contributed by atoms with Crippen molar-refractivity contribution in [3.8, 4) is 0 Å². The molecule has 0 bridgehead atoms. The van der Waals surface area contributed by atoms with Crippen LogP contribution in [-0.4, -0.2) is 12.6 Å². The quantitative estimate of drug-likeness (QED) is 0.778. The van der Waals surface area contributed by atoms with Crippen molar-refractivity contribution in [2.24, 2.45) is 5.73 Å². The average Bonchev–Trinajstić information content (AvgIpc) is 2.21. The van der Waals surface area contributed by atoms with E-state index in [4.69, 9.17) is 5.73 Å². The van der Waals surface area contributed by atoms with Crippen molar-refractivity contribution in [3.05, 3.63) is 35.4 Å². The van der Waals surface area contributed by atoms with Gasteiger partial charge < -0.3 is 10.5 Å². The molecule has 0 saturated heterocycles. The topological polar surface area (TPSA) is 52.3 Å². The lowest BCUT2D eigenvalue weighted by Crippen LogP contribution is -2.24. The van der Waals surface area contributed by atoms with Crippen LogP contribution in [0.25, 0.3) is 0 Å². The largest absolute Gasteiger partial charge is 0.465 e. The molecule has 0 aliphatic carbocycles. The third-order valence-electron chi connectivity index (χ3n) is 1.83. The lowest BCUT2D eigenvalue weighted by Gasteiger charge is -2.11. The van der Waals surface area contributed by atoms with E-state index in [1.807, 2.05) is 0 Å². The van der Waals surface area contributed by atoms with Crippen molar-refractivity contribution >= 4 is 5.97 Å². The number of rotatable bonds is 3. The maximum atomic E-state index is 13.2. The molecule has 0 aliphatic heterocycles. The molecule has 2 N–H and O–H groups in total. The lowest BCUT2D eigenvalue weighted by atomic mass is 10.1. The molecule has 1 atom stereocenters. The Hall–Kier alpha value is -1.49. The van der Waals surface area contributed by atoms with Crippen molar-refractivity contribution in [1.29, 1.82) is 0 Å². The molecule has 0 aliphatic rings. The van der Waals surface area contributed by atoms with Crippen molar-refractivity contribution in [1.82, 2.24) is 0 Å². The van der Waals surface area contributed by atoms with E-state index in [1.165, 1.54) is 0 Å². The standard InChI is InChI=1S/C10H11F2NO2/c1-2-15-10(14)9(13)7-5-6(11)3-4-8(7)12/h3-5,9H,2,13H2,1H3. The van der Waals surface area contributed by atoms with E-state index < -0.39 is 23.6 Å². The fourth-order valence-electron chi connectivity index (χ4n) is 1.11. The summed E-state index contributed by atoms with van der Waals surface area (Å²) in [6.07, 6.45) is 0. The predicted octanol–water partition coefficient (Wildman–Crippen LogP) is 1.53. The van der Waals surface area contributed by atoms with Crippen LogP contribution < -0.4 is 5.73 Å². The van der Waals surface area contributed by atoms with Crippen molar-refractivity contribution in [2.75, 3.05) is 6.61 Å². The van der Waals surface area contributed by atoms with Crippen molar-refractivity contribution in [3.63, 3.8) is 0 Å². The summed E-state index contributed by atoms with van der Waals surface area (Å²) >= 11 is 0. The van der Waals surface area contributed by atoms with Crippen LogP contribution in [0.5, 0.6) is 0 Å². The second-order valence-corrected chi connectivity index (χ2v) is 2.90. The zero-order valence-corrected chi connectivity index (χ0v) is 8.17. The summed E-state index contributed by atoms with van der Waals surface area (Å²) in [5.41, 5.74) is 5.21. The number of carbonyl (C=O) groups excluding carboxylic acids is 1. The van der Waals surface area contributed by atoms with Crippen LogP contribution >= 0.6 is 0 Å². The van der Waals surface area contributed by atoms with Gasteiger partial charge in [0.15, 0.2) is 0 Å². The Kier molecular flexibility index (Phi) is 3.74. The third kappa shape index (κ3) is 2.73. The van der Waals surface area contributed by atoms with Crippen LogP contribution in [0.4, 0.5) is 8.78 Å². The second kappa shape index (κ2) is 4.84. The minimum absolute atomic E-state index is 0.142. The number of ether oxygens (including phenoxy) is 1. The highest BCUT2D eigenvalue weighted by atomic mass is 19.1. The first-order chi connectivity index (χ1) is 7.06. The molecule has 82 valence electrons. The average molecular weight is 215 g/mol. The molecular weight excluding hydrogens is 204 g/mol. The maximum Gasteiger partial charge on any atom is 0.327 e. The highest BCUT2D eigenvalue weighted by Crippen LogP contribution is 2.17. The summed E-state index contributed by atoms with van der Waals surface area (Å²) in [5.74, 6) is -2.15. The highest BCUT2D eigenvalue weighted by molar-refractivity contribution is 5.77. The SMILES string of the molecule is CCOC(=O)C(N)c1cc(F)ccc1F. The Labute approximate surface area is 85.8 Å². The fraction of sp³-hybridized carbons (Fsp3) is 0.300. The van der Waals surface area contributed by atoms with Gasteiger partial charge >= 0.3 is 5.97 Å². The lowest BCUT2D eigenvalue weighted by molar-refractivity contribution is -0.144. The van der Waals surface area contributed by atoms with Gasteiger partial charge in [-0.15, -0.1) is 0 Å². The van der Waals surface area contributed by atoms with Crippen LogP contribution in [0, 0.1) is 11.6 Å². The molecule has 0 radical (unpaired) electrons. The van der Waals surface area contributed by atoms with Crippen LogP contribution in [-0.2, 0) is 9.53 Å². The Balaban J connectivity index is 2.94. The number of halogens is 2. The van der Waals surface area contributed by atoms with E-state index in [0.29, 0.717) is 0 Å². The van der Waals surface area contributed by atoms with Gasteiger partial charge in [-0.1, -0.05) is 0 Å². The molecule has 0 amide bonds. The minimum atomic E-state index is -1.29. The molecule has 0 aromatic heterocycles. The molecule has 5 heteroatoms. The molecule has 1 unspecified atom stereocenters. The third-order valence-corrected chi connectivity index (χ3v) is 1.83. The van der Waals surface area contributed by atoms with Gasteiger partial charge in [0.05, 0.1) is 6.61 Å². The summed E-state index contributed by atoms with van der Waals surface area (Å²) in [4.78, 5) is 11.2. The Morgan fingerprint density at radius 2 is 2.20 bits per heavy atom. The Morgan fingerprint density at radius 3 is 2.80 bits per heavy atom. The summed E-state index contributed by atoms with van der Waals surface area (Å²) in [5, 5.41) is 0. The van der Waals surface area contributed by atoms with Gasteiger partial charge in [0.25, 0.3) is 0 Å². The zero-order chi connectivity index (χ0) is 11.4. The molecule has 0 fully saturated rings. The van der Waals surface area contributed by atoms with Gasteiger partial charge in [-0.05, 0) is 25.1 Å². The normalized spacial score (nSPS) is 12.3. The number of benzene rings is 1.